The molecule has 0 saturated carbocycles. The van der Waals surface area contributed by atoms with Crippen molar-refractivity contribution in [2.45, 2.75) is 19.5 Å². The van der Waals surface area contributed by atoms with Crippen molar-refractivity contribution < 1.29 is 9.13 Å². The van der Waals surface area contributed by atoms with Gasteiger partial charge in [-0.2, -0.15) is 5.10 Å². The van der Waals surface area contributed by atoms with Crippen LogP contribution in [0.15, 0.2) is 54.7 Å². The predicted molar refractivity (Wildman–Crippen MR) is 113 cm³/mol. The van der Waals surface area contributed by atoms with E-state index in [1.165, 1.54) is 6.07 Å². The number of aromatic nitrogens is 2. The van der Waals surface area contributed by atoms with Gasteiger partial charge in [0.25, 0.3) is 0 Å². The van der Waals surface area contributed by atoms with Crippen molar-refractivity contribution in [1.29, 1.82) is 0 Å². The molecule has 0 amide bonds. The molecule has 3 aromatic rings. The van der Waals surface area contributed by atoms with E-state index >= 15 is 0 Å². The minimum atomic E-state index is -0.249. The molecule has 2 aromatic carbocycles. The number of hydrogen-bond acceptors (Lipinski definition) is 4. The molecule has 152 valence electrons. The Morgan fingerprint density at radius 1 is 1.14 bits per heavy atom. The van der Waals surface area contributed by atoms with Gasteiger partial charge in [0.15, 0.2) is 0 Å². The lowest BCUT2D eigenvalue weighted by molar-refractivity contribution is 0.100. The van der Waals surface area contributed by atoms with Crippen molar-refractivity contribution in [3.63, 3.8) is 0 Å². The van der Waals surface area contributed by atoms with Crippen molar-refractivity contribution in [1.82, 2.24) is 19.6 Å². The molecule has 1 aliphatic heterocycles. The number of piperazine rings is 1. The zero-order chi connectivity index (χ0) is 20.4. The van der Waals surface area contributed by atoms with E-state index in [-0.39, 0.29) is 5.82 Å². The fourth-order valence-electron chi connectivity index (χ4n) is 3.78. The fourth-order valence-corrected chi connectivity index (χ4v) is 3.78. The molecule has 1 aromatic heterocycles. The Morgan fingerprint density at radius 2 is 1.93 bits per heavy atom. The van der Waals surface area contributed by atoms with Gasteiger partial charge in [-0.3, -0.25) is 4.90 Å². The van der Waals surface area contributed by atoms with Crippen LogP contribution in [0, 0.1) is 5.82 Å². The third kappa shape index (κ3) is 4.33. The van der Waals surface area contributed by atoms with Crippen LogP contribution >= 0.6 is 0 Å². The van der Waals surface area contributed by atoms with Crippen LogP contribution in [0.4, 0.5) is 4.39 Å². The molecule has 1 unspecified atom stereocenters. The molecule has 5 nitrogen and oxygen atoms in total. The van der Waals surface area contributed by atoms with Crippen LogP contribution in [0.3, 0.4) is 0 Å². The van der Waals surface area contributed by atoms with Crippen molar-refractivity contribution in [3.05, 3.63) is 66.1 Å². The summed E-state index contributed by atoms with van der Waals surface area (Å²) in [5.41, 5.74) is 3.67. The zero-order valence-corrected chi connectivity index (χ0v) is 17.2. The Kier molecular flexibility index (Phi) is 5.65. The highest BCUT2D eigenvalue weighted by Gasteiger charge is 2.23. The summed E-state index contributed by atoms with van der Waals surface area (Å²) in [6, 6.07) is 15.0. The van der Waals surface area contributed by atoms with E-state index in [0.29, 0.717) is 6.04 Å². The van der Waals surface area contributed by atoms with Gasteiger partial charge >= 0.3 is 0 Å². The van der Waals surface area contributed by atoms with Gasteiger partial charge in [0.2, 0.25) is 0 Å². The second-order valence-corrected chi connectivity index (χ2v) is 7.72. The molecule has 0 bridgehead atoms. The molecule has 0 N–H and O–H groups in total. The maximum absolute atomic E-state index is 13.9. The monoisotopic (exact) mass is 394 g/mol. The summed E-state index contributed by atoms with van der Waals surface area (Å²) in [5, 5.41) is 4.82. The van der Waals surface area contributed by atoms with Gasteiger partial charge in [0.05, 0.1) is 18.5 Å². The molecule has 0 spiro atoms. The van der Waals surface area contributed by atoms with Crippen LogP contribution < -0.4 is 4.74 Å². The third-order valence-electron chi connectivity index (χ3n) is 5.66. The second-order valence-electron chi connectivity index (χ2n) is 7.72. The number of nitrogens with zero attached hydrogens (tertiary/aromatic N) is 4. The van der Waals surface area contributed by atoms with Crippen molar-refractivity contribution in [3.8, 4) is 22.7 Å². The van der Waals surface area contributed by atoms with E-state index in [4.69, 9.17) is 9.84 Å². The first kappa shape index (κ1) is 19.6. The maximum atomic E-state index is 13.9. The van der Waals surface area contributed by atoms with Crippen LogP contribution in [-0.4, -0.2) is 59.4 Å². The smallest absolute Gasteiger partial charge is 0.123 e. The molecule has 1 fully saturated rings. The average Bonchev–Trinajstić information content (AvgIpc) is 3.14. The summed E-state index contributed by atoms with van der Waals surface area (Å²) >= 11 is 0. The minimum absolute atomic E-state index is 0.249. The van der Waals surface area contributed by atoms with Gasteiger partial charge in [-0.15, -0.1) is 0 Å². The summed E-state index contributed by atoms with van der Waals surface area (Å²) in [6.45, 7) is 6.10. The normalized spacial score (nSPS) is 18.1. The SMILES string of the molecule is COc1ccc(-n2cc(CN3CCN(C)C(C)C3)c(-c3cccc(F)c3)n2)cc1. The quantitative estimate of drug-likeness (QED) is 0.659. The number of benzene rings is 2. The molecule has 1 aliphatic rings. The standard InChI is InChI=1S/C23H27FN4O/c1-17-14-27(12-11-26(17)2)15-19-16-28(21-7-9-22(29-3)10-8-21)25-23(19)18-5-4-6-20(24)13-18/h4-10,13,16-17H,11-12,14-15H2,1-3H3. The van der Waals surface area contributed by atoms with Crippen molar-refractivity contribution in [2.24, 2.45) is 0 Å². The van der Waals surface area contributed by atoms with Gasteiger partial charge in [-0.05, 0) is 50.4 Å². The van der Waals surface area contributed by atoms with E-state index in [2.05, 4.69) is 30.0 Å². The van der Waals surface area contributed by atoms with Crippen molar-refractivity contribution >= 4 is 0 Å². The van der Waals surface area contributed by atoms with E-state index in [1.54, 1.807) is 19.2 Å². The van der Waals surface area contributed by atoms with Gasteiger partial charge in [-0.25, -0.2) is 9.07 Å². The molecule has 0 aliphatic carbocycles. The number of methoxy groups -OCH3 is 1. The van der Waals surface area contributed by atoms with Crippen LogP contribution in [0.2, 0.25) is 0 Å². The topological polar surface area (TPSA) is 33.5 Å². The largest absolute Gasteiger partial charge is 0.497 e. The molecule has 1 saturated heterocycles. The molecule has 6 heteroatoms. The summed E-state index contributed by atoms with van der Waals surface area (Å²) in [5.74, 6) is 0.554. The zero-order valence-electron chi connectivity index (χ0n) is 17.2. The minimum Gasteiger partial charge on any atom is -0.497 e. The highest BCUT2D eigenvalue weighted by molar-refractivity contribution is 5.63. The first-order valence-electron chi connectivity index (χ1n) is 9.95. The van der Waals surface area contributed by atoms with Crippen LogP contribution in [0.1, 0.15) is 12.5 Å². The Bertz CT molecular complexity index is 969. The number of ether oxygens (including phenoxy) is 1. The first-order valence-corrected chi connectivity index (χ1v) is 9.95. The summed E-state index contributed by atoms with van der Waals surface area (Å²) in [4.78, 5) is 4.83. The molecular formula is C23H27FN4O. The Morgan fingerprint density at radius 3 is 2.62 bits per heavy atom. The molecule has 29 heavy (non-hydrogen) atoms. The van der Waals surface area contributed by atoms with Crippen LogP contribution in [0.5, 0.6) is 5.75 Å². The molecule has 1 atom stereocenters. The lowest BCUT2D eigenvalue weighted by Crippen LogP contribution is -2.49. The first-order chi connectivity index (χ1) is 14.0. The van der Waals surface area contributed by atoms with E-state index in [9.17, 15) is 4.39 Å². The Labute approximate surface area is 171 Å². The fraction of sp³-hybridized carbons (Fsp3) is 0.348. The summed E-state index contributed by atoms with van der Waals surface area (Å²) in [6.07, 6.45) is 2.06. The predicted octanol–water partition coefficient (Wildman–Crippen LogP) is 3.82. The summed E-state index contributed by atoms with van der Waals surface area (Å²) < 4.78 is 21.0. The molecule has 2 heterocycles. The lowest BCUT2D eigenvalue weighted by atomic mass is 10.1. The van der Waals surface area contributed by atoms with Crippen LogP contribution in [0.25, 0.3) is 16.9 Å². The number of rotatable bonds is 5. The molecule has 0 radical (unpaired) electrons. The van der Waals surface area contributed by atoms with E-state index in [1.807, 2.05) is 35.0 Å². The second kappa shape index (κ2) is 8.35. The van der Waals surface area contributed by atoms with E-state index in [0.717, 1.165) is 54.4 Å². The molecule has 4 rings (SSSR count). The van der Waals surface area contributed by atoms with Gasteiger partial charge in [0.1, 0.15) is 11.6 Å². The number of halogens is 1. The summed E-state index contributed by atoms with van der Waals surface area (Å²) in [7, 11) is 3.82. The highest BCUT2D eigenvalue weighted by Crippen LogP contribution is 2.27. The number of hydrogen-bond donors (Lipinski definition) is 0. The maximum Gasteiger partial charge on any atom is 0.123 e. The highest BCUT2D eigenvalue weighted by atomic mass is 19.1. The van der Waals surface area contributed by atoms with Gasteiger partial charge in [-0.1, -0.05) is 12.1 Å². The number of likely N-dealkylation sites (N-methyl/N-ethyl adjacent to an activating group) is 1. The van der Waals surface area contributed by atoms with Crippen LogP contribution in [-0.2, 0) is 6.54 Å². The third-order valence-corrected chi connectivity index (χ3v) is 5.66. The van der Waals surface area contributed by atoms with Crippen molar-refractivity contribution in [2.75, 3.05) is 33.8 Å². The Hall–Kier alpha value is -2.70. The molecular weight excluding hydrogens is 367 g/mol. The Balaban J connectivity index is 1.68. The van der Waals surface area contributed by atoms with E-state index < -0.39 is 0 Å². The lowest BCUT2D eigenvalue weighted by Gasteiger charge is -2.37. The average molecular weight is 394 g/mol. The van der Waals surface area contributed by atoms with Gasteiger partial charge in [0, 0.05) is 49.5 Å². The van der Waals surface area contributed by atoms with Gasteiger partial charge < -0.3 is 9.64 Å².